The molecule has 0 N–H and O–H groups in total. The lowest BCUT2D eigenvalue weighted by Gasteiger charge is -2.32. The molecule has 154 valence electrons. The van der Waals surface area contributed by atoms with Crippen molar-refractivity contribution in [2.45, 2.75) is 24.9 Å². The van der Waals surface area contributed by atoms with E-state index in [9.17, 15) is 13.2 Å². The van der Waals surface area contributed by atoms with Crippen LogP contribution in [0.2, 0.25) is 0 Å². The van der Waals surface area contributed by atoms with E-state index in [0.29, 0.717) is 13.0 Å². The molecule has 4 rings (SSSR count). The molecule has 0 saturated carbocycles. The van der Waals surface area contributed by atoms with Gasteiger partial charge in [-0.15, -0.1) is 0 Å². The summed E-state index contributed by atoms with van der Waals surface area (Å²) < 4.78 is 24.4. The third kappa shape index (κ3) is 4.62. The lowest BCUT2D eigenvalue weighted by molar-refractivity contribution is -0.134. The Hall–Kier alpha value is -2.92. The number of carbonyl (C=O) groups excluding carboxylic acids is 1. The highest BCUT2D eigenvalue weighted by atomic mass is 32.2. The van der Waals surface area contributed by atoms with Gasteiger partial charge in [-0.1, -0.05) is 91.0 Å². The number of hydrogen-bond donors (Lipinski definition) is 0. The SMILES string of the molecule is O=C(C(c1ccccc1)c1ccccc1)N(Cc1ccccc1)[C@H]1CCS(=O)(=O)C1. The molecule has 1 saturated heterocycles. The van der Waals surface area contributed by atoms with E-state index in [1.54, 1.807) is 4.90 Å². The summed E-state index contributed by atoms with van der Waals surface area (Å²) in [4.78, 5) is 15.8. The molecule has 30 heavy (non-hydrogen) atoms. The zero-order chi connectivity index (χ0) is 21.0. The van der Waals surface area contributed by atoms with Crippen LogP contribution in [-0.2, 0) is 21.2 Å². The van der Waals surface area contributed by atoms with Gasteiger partial charge in [0.2, 0.25) is 5.91 Å². The Kier molecular flexibility index (Phi) is 6.00. The molecule has 5 heteroatoms. The van der Waals surface area contributed by atoms with Crippen molar-refractivity contribution in [3.63, 3.8) is 0 Å². The van der Waals surface area contributed by atoms with Gasteiger partial charge in [0, 0.05) is 12.6 Å². The van der Waals surface area contributed by atoms with E-state index in [2.05, 4.69) is 0 Å². The molecular formula is C25H25NO3S. The fraction of sp³-hybridized carbons (Fsp3) is 0.240. The highest BCUT2D eigenvalue weighted by molar-refractivity contribution is 7.91. The van der Waals surface area contributed by atoms with E-state index >= 15 is 0 Å². The zero-order valence-corrected chi connectivity index (χ0v) is 17.5. The number of benzene rings is 3. The molecule has 1 aliphatic rings. The highest BCUT2D eigenvalue weighted by Gasteiger charge is 2.37. The summed E-state index contributed by atoms with van der Waals surface area (Å²) in [6, 6.07) is 28.9. The summed E-state index contributed by atoms with van der Waals surface area (Å²) in [5, 5.41) is 0. The van der Waals surface area contributed by atoms with Crippen LogP contribution in [0.15, 0.2) is 91.0 Å². The minimum absolute atomic E-state index is 0.0296. The topological polar surface area (TPSA) is 54.5 Å². The Morgan fingerprint density at radius 2 is 1.33 bits per heavy atom. The predicted molar refractivity (Wildman–Crippen MR) is 119 cm³/mol. The second kappa shape index (κ2) is 8.84. The maximum absolute atomic E-state index is 14.0. The molecule has 0 spiro atoms. The quantitative estimate of drug-likeness (QED) is 0.606. The van der Waals surface area contributed by atoms with Crippen molar-refractivity contribution in [2.24, 2.45) is 0 Å². The predicted octanol–water partition coefficient (Wildman–Crippen LogP) is 4.03. The largest absolute Gasteiger partial charge is 0.334 e. The van der Waals surface area contributed by atoms with Gasteiger partial charge in [0.1, 0.15) is 0 Å². The highest BCUT2D eigenvalue weighted by Crippen LogP contribution is 2.30. The van der Waals surface area contributed by atoms with Crippen molar-refractivity contribution in [2.75, 3.05) is 11.5 Å². The Bertz CT molecular complexity index is 1040. The van der Waals surface area contributed by atoms with Gasteiger partial charge in [-0.25, -0.2) is 8.42 Å². The fourth-order valence-electron chi connectivity index (χ4n) is 4.12. The first-order valence-electron chi connectivity index (χ1n) is 10.2. The molecule has 1 heterocycles. The summed E-state index contributed by atoms with van der Waals surface area (Å²) >= 11 is 0. The minimum atomic E-state index is -3.12. The van der Waals surface area contributed by atoms with Crippen molar-refractivity contribution in [1.29, 1.82) is 0 Å². The molecule has 4 nitrogen and oxygen atoms in total. The first-order valence-corrected chi connectivity index (χ1v) is 12.0. The molecule has 0 unspecified atom stereocenters. The molecule has 3 aromatic carbocycles. The van der Waals surface area contributed by atoms with E-state index in [4.69, 9.17) is 0 Å². The summed E-state index contributed by atoms with van der Waals surface area (Å²) in [7, 11) is -3.12. The van der Waals surface area contributed by atoms with E-state index in [0.717, 1.165) is 16.7 Å². The van der Waals surface area contributed by atoms with Crippen molar-refractivity contribution in [3.05, 3.63) is 108 Å². The van der Waals surface area contributed by atoms with Crippen LogP contribution in [0.25, 0.3) is 0 Å². The van der Waals surface area contributed by atoms with Crippen molar-refractivity contribution >= 4 is 15.7 Å². The summed E-state index contributed by atoms with van der Waals surface area (Å²) in [6.07, 6.45) is 0.483. The van der Waals surface area contributed by atoms with Gasteiger partial charge in [-0.3, -0.25) is 4.79 Å². The van der Waals surface area contributed by atoms with Crippen LogP contribution in [0, 0.1) is 0 Å². The number of sulfone groups is 1. The molecule has 1 aliphatic heterocycles. The Morgan fingerprint density at radius 3 is 1.80 bits per heavy atom. The summed E-state index contributed by atoms with van der Waals surface area (Å²) in [5.74, 6) is -0.364. The molecule has 1 atom stereocenters. The first-order chi connectivity index (χ1) is 14.5. The van der Waals surface area contributed by atoms with Gasteiger partial charge >= 0.3 is 0 Å². The van der Waals surface area contributed by atoms with E-state index in [1.165, 1.54) is 0 Å². The van der Waals surface area contributed by atoms with Crippen molar-refractivity contribution in [3.8, 4) is 0 Å². The second-order valence-corrected chi connectivity index (χ2v) is 9.99. The van der Waals surface area contributed by atoms with Crippen LogP contribution < -0.4 is 0 Å². The zero-order valence-electron chi connectivity index (χ0n) is 16.7. The van der Waals surface area contributed by atoms with Crippen LogP contribution in [-0.4, -0.2) is 36.8 Å². The Balaban J connectivity index is 1.74. The third-order valence-corrected chi connectivity index (χ3v) is 7.39. The average molecular weight is 420 g/mol. The van der Waals surface area contributed by atoms with Crippen LogP contribution in [0.1, 0.15) is 29.0 Å². The minimum Gasteiger partial charge on any atom is -0.334 e. The Morgan fingerprint density at radius 1 is 0.833 bits per heavy atom. The van der Waals surface area contributed by atoms with Crippen molar-refractivity contribution in [1.82, 2.24) is 4.90 Å². The smallest absolute Gasteiger partial charge is 0.235 e. The third-order valence-electron chi connectivity index (χ3n) is 5.64. The maximum Gasteiger partial charge on any atom is 0.235 e. The number of rotatable bonds is 6. The summed E-state index contributed by atoms with van der Waals surface area (Å²) in [5.41, 5.74) is 2.82. The number of amides is 1. The standard InChI is InChI=1S/C25H25NO3S/c27-25(24(21-12-6-2-7-13-21)22-14-8-3-9-15-22)26(18-20-10-4-1-5-11-20)23-16-17-30(28,29)19-23/h1-15,23-24H,16-19H2/t23-/m0/s1. The molecular weight excluding hydrogens is 394 g/mol. The normalized spacial score (nSPS) is 17.7. The molecule has 0 bridgehead atoms. The maximum atomic E-state index is 14.0. The fourth-order valence-corrected chi connectivity index (χ4v) is 5.85. The Labute approximate surface area is 178 Å². The monoisotopic (exact) mass is 419 g/mol. The van der Waals surface area contributed by atoms with Gasteiger partial charge < -0.3 is 4.90 Å². The van der Waals surface area contributed by atoms with E-state index < -0.39 is 15.8 Å². The molecule has 3 aromatic rings. The second-order valence-electron chi connectivity index (χ2n) is 7.76. The number of nitrogens with zero attached hydrogens (tertiary/aromatic N) is 1. The molecule has 1 fully saturated rings. The summed E-state index contributed by atoms with van der Waals surface area (Å²) in [6.45, 7) is 0.399. The van der Waals surface area contributed by atoms with E-state index in [-0.39, 0.29) is 23.5 Å². The van der Waals surface area contributed by atoms with Gasteiger partial charge in [-0.05, 0) is 23.1 Å². The molecule has 1 amide bonds. The molecule has 0 aromatic heterocycles. The molecule has 0 aliphatic carbocycles. The number of hydrogen-bond acceptors (Lipinski definition) is 3. The lowest BCUT2D eigenvalue weighted by Crippen LogP contribution is -2.43. The van der Waals surface area contributed by atoms with E-state index in [1.807, 2.05) is 91.0 Å². The van der Waals surface area contributed by atoms with Gasteiger partial charge in [0.05, 0.1) is 17.4 Å². The van der Waals surface area contributed by atoms with Gasteiger partial charge in [0.25, 0.3) is 0 Å². The van der Waals surface area contributed by atoms with Crippen LogP contribution >= 0.6 is 0 Å². The van der Waals surface area contributed by atoms with Gasteiger partial charge in [-0.2, -0.15) is 0 Å². The van der Waals surface area contributed by atoms with Crippen molar-refractivity contribution < 1.29 is 13.2 Å². The first kappa shape index (κ1) is 20.4. The average Bonchev–Trinajstić information content (AvgIpc) is 3.14. The van der Waals surface area contributed by atoms with Crippen LogP contribution in [0.5, 0.6) is 0 Å². The van der Waals surface area contributed by atoms with Crippen LogP contribution in [0.3, 0.4) is 0 Å². The van der Waals surface area contributed by atoms with Gasteiger partial charge in [0.15, 0.2) is 9.84 Å². The van der Waals surface area contributed by atoms with Crippen LogP contribution in [0.4, 0.5) is 0 Å². The molecule has 0 radical (unpaired) electrons. The number of carbonyl (C=O) groups is 1. The lowest BCUT2D eigenvalue weighted by atomic mass is 9.89.